The van der Waals surface area contributed by atoms with Gasteiger partial charge in [-0.15, -0.1) is 10.2 Å². The number of nitrogens with zero attached hydrogens (tertiary/aromatic N) is 6. The molecule has 0 amide bonds. The molecular weight excluding hydrogens is 232 g/mol. The van der Waals surface area contributed by atoms with E-state index in [-0.39, 0.29) is 0 Å². The number of aryl methyl sites for hydroxylation is 1. The molecule has 18 heavy (non-hydrogen) atoms. The Balaban J connectivity index is 1.90. The minimum absolute atomic E-state index is 0.431. The van der Waals surface area contributed by atoms with E-state index in [0.29, 0.717) is 18.2 Å². The highest BCUT2D eigenvalue weighted by atomic mass is 15.3. The summed E-state index contributed by atoms with van der Waals surface area (Å²) in [5, 5.41) is 11.0. The maximum Gasteiger partial charge on any atom is 0.180 e. The summed E-state index contributed by atoms with van der Waals surface area (Å²) in [6, 6.07) is 0. The molecule has 0 aliphatic heterocycles. The van der Waals surface area contributed by atoms with Gasteiger partial charge in [0.05, 0.1) is 12.7 Å². The number of fused-ring (bicyclic) bond motifs is 1. The Bertz CT molecular complexity index is 682. The van der Waals surface area contributed by atoms with E-state index in [1.165, 1.54) is 0 Å². The number of nitrogen functional groups attached to an aromatic ring is 1. The fourth-order valence-electron chi connectivity index (χ4n) is 1.70. The monoisotopic (exact) mass is 244 g/mol. The number of aromatic nitrogens is 6. The number of rotatable bonds is 3. The lowest BCUT2D eigenvalue weighted by Crippen LogP contribution is -2.09. The van der Waals surface area contributed by atoms with Crippen LogP contribution < -0.4 is 11.1 Å². The molecule has 0 radical (unpaired) electrons. The molecule has 0 aliphatic rings. The van der Waals surface area contributed by atoms with E-state index in [1.807, 2.05) is 22.2 Å². The lowest BCUT2D eigenvalue weighted by molar-refractivity contribution is 0.810. The number of imidazole rings is 1. The zero-order valence-electron chi connectivity index (χ0n) is 9.78. The predicted octanol–water partition coefficient (Wildman–Crippen LogP) is 0.0521. The fourth-order valence-corrected chi connectivity index (χ4v) is 1.70. The Hall–Kier alpha value is -2.64. The van der Waals surface area contributed by atoms with E-state index < -0.39 is 0 Å². The highest BCUT2D eigenvalue weighted by molar-refractivity contribution is 5.64. The topological polar surface area (TPSA) is 99.0 Å². The molecule has 0 aliphatic carbocycles. The molecule has 0 unspecified atom stereocenters. The first kappa shape index (κ1) is 10.5. The normalized spacial score (nSPS) is 10.9. The van der Waals surface area contributed by atoms with Gasteiger partial charge in [0.1, 0.15) is 12.1 Å². The number of nitrogens with two attached hydrogens (primary N) is 1. The van der Waals surface area contributed by atoms with Crippen molar-refractivity contribution in [3.8, 4) is 0 Å². The highest BCUT2D eigenvalue weighted by Crippen LogP contribution is 2.14. The maximum absolute atomic E-state index is 5.73. The zero-order chi connectivity index (χ0) is 12.5. The molecule has 3 heterocycles. The highest BCUT2D eigenvalue weighted by Gasteiger charge is 2.07. The van der Waals surface area contributed by atoms with Crippen LogP contribution in [0.1, 0.15) is 5.82 Å². The van der Waals surface area contributed by atoms with Crippen LogP contribution >= 0.6 is 0 Å². The molecule has 0 spiro atoms. The Labute approximate surface area is 102 Å². The third kappa shape index (κ3) is 1.73. The first-order valence-electron chi connectivity index (χ1n) is 5.40. The summed E-state index contributed by atoms with van der Waals surface area (Å²) in [6.07, 6.45) is 6.88. The second-order valence-corrected chi connectivity index (χ2v) is 3.88. The maximum atomic E-state index is 5.73. The summed E-state index contributed by atoms with van der Waals surface area (Å²) in [5.41, 5.74) is 6.46. The van der Waals surface area contributed by atoms with Crippen LogP contribution in [0.5, 0.6) is 0 Å². The molecule has 0 bridgehead atoms. The van der Waals surface area contributed by atoms with Crippen molar-refractivity contribution in [1.29, 1.82) is 0 Å². The van der Waals surface area contributed by atoms with Crippen molar-refractivity contribution >= 4 is 17.3 Å². The van der Waals surface area contributed by atoms with Crippen molar-refractivity contribution in [3.05, 3.63) is 30.7 Å². The van der Waals surface area contributed by atoms with Crippen LogP contribution in [-0.4, -0.2) is 29.1 Å². The second-order valence-electron chi connectivity index (χ2n) is 3.88. The Kier molecular flexibility index (Phi) is 2.33. The van der Waals surface area contributed by atoms with Crippen molar-refractivity contribution in [2.75, 3.05) is 11.1 Å². The Morgan fingerprint density at radius 2 is 2.33 bits per heavy atom. The van der Waals surface area contributed by atoms with Crippen molar-refractivity contribution in [2.45, 2.75) is 6.54 Å². The van der Waals surface area contributed by atoms with E-state index in [2.05, 4.69) is 25.5 Å². The van der Waals surface area contributed by atoms with E-state index >= 15 is 0 Å². The lowest BCUT2D eigenvalue weighted by atomic mass is 10.5. The van der Waals surface area contributed by atoms with Gasteiger partial charge in [0.15, 0.2) is 17.3 Å². The van der Waals surface area contributed by atoms with Gasteiger partial charge in [-0.1, -0.05) is 0 Å². The third-order valence-corrected chi connectivity index (χ3v) is 2.61. The molecule has 0 saturated heterocycles. The van der Waals surface area contributed by atoms with Crippen LogP contribution in [0.15, 0.2) is 24.9 Å². The fraction of sp³-hybridized carbons (Fsp3) is 0.200. The molecular formula is C10H12N8. The van der Waals surface area contributed by atoms with Gasteiger partial charge in [-0.25, -0.2) is 9.97 Å². The molecule has 3 N–H and O–H groups in total. The van der Waals surface area contributed by atoms with E-state index in [9.17, 15) is 0 Å². The van der Waals surface area contributed by atoms with Gasteiger partial charge in [0, 0.05) is 19.4 Å². The van der Waals surface area contributed by atoms with Crippen molar-refractivity contribution in [1.82, 2.24) is 29.1 Å². The van der Waals surface area contributed by atoms with Crippen LogP contribution in [0.2, 0.25) is 0 Å². The molecule has 0 saturated carbocycles. The van der Waals surface area contributed by atoms with E-state index in [0.717, 1.165) is 11.5 Å². The van der Waals surface area contributed by atoms with Gasteiger partial charge in [-0.05, 0) is 0 Å². The van der Waals surface area contributed by atoms with Crippen LogP contribution in [0.3, 0.4) is 0 Å². The Morgan fingerprint density at radius 3 is 3.11 bits per heavy atom. The van der Waals surface area contributed by atoms with E-state index in [1.54, 1.807) is 18.7 Å². The second kappa shape index (κ2) is 3.99. The standard InChI is InChI=1S/C10H12N8/c1-17-6-14-16-8(17)4-13-9-10-12-2-3-18(10)5-7(11)15-9/h2-3,5-6H,4,11H2,1H3,(H,13,15). The number of nitrogens with one attached hydrogen (secondary N) is 1. The molecule has 0 atom stereocenters. The van der Waals surface area contributed by atoms with Gasteiger partial charge in [0.25, 0.3) is 0 Å². The summed E-state index contributed by atoms with van der Waals surface area (Å²) in [5.74, 6) is 1.87. The molecule has 0 fully saturated rings. The van der Waals surface area contributed by atoms with E-state index in [4.69, 9.17) is 5.73 Å². The van der Waals surface area contributed by atoms with Gasteiger partial charge < -0.3 is 20.0 Å². The predicted molar refractivity (Wildman–Crippen MR) is 65.7 cm³/mol. The smallest absolute Gasteiger partial charge is 0.180 e. The minimum Gasteiger partial charge on any atom is -0.382 e. The summed E-state index contributed by atoms with van der Waals surface area (Å²) in [4.78, 5) is 8.45. The average molecular weight is 244 g/mol. The number of hydrogen-bond donors (Lipinski definition) is 2. The third-order valence-electron chi connectivity index (χ3n) is 2.61. The van der Waals surface area contributed by atoms with Crippen LogP contribution in [0.4, 0.5) is 11.6 Å². The largest absolute Gasteiger partial charge is 0.382 e. The summed E-state index contributed by atoms with van der Waals surface area (Å²) in [7, 11) is 1.88. The zero-order valence-corrected chi connectivity index (χ0v) is 9.78. The first-order valence-corrected chi connectivity index (χ1v) is 5.40. The van der Waals surface area contributed by atoms with Gasteiger partial charge in [-0.3, -0.25) is 0 Å². The first-order chi connectivity index (χ1) is 8.74. The van der Waals surface area contributed by atoms with Gasteiger partial charge >= 0.3 is 0 Å². The quantitative estimate of drug-likeness (QED) is 0.675. The summed E-state index contributed by atoms with van der Waals surface area (Å²) in [6.45, 7) is 0.509. The van der Waals surface area contributed by atoms with Gasteiger partial charge in [-0.2, -0.15) is 0 Å². The van der Waals surface area contributed by atoms with Crippen LogP contribution in [0, 0.1) is 0 Å². The molecule has 3 aromatic rings. The van der Waals surface area contributed by atoms with Crippen LogP contribution in [0.25, 0.3) is 5.65 Å². The van der Waals surface area contributed by atoms with Crippen molar-refractivity contribution in [3.63, 3.8) is 0 Å². The average Bonchev–Trinajstić information content (AvgIpc) is 2.94. The molecule has 92 valence electrons. The molecule has 8 heteroatoms. The number of hydrogen-bond acceptors (Lipinski definition) is 6. The molecule has 3 aromatic heterocycles. The molecule has 3 rings (SSSR count). The molecule has 8 nitrogen and oxygen atoms in total. The van der Waals surface area contributed by atoms with Crippen LogP contribution in [-0.2, 0) is 13.6 Å². The SMILES string of the molecule is Cn1cnnc1CNc1nc(N)cn2ccnc12. The Morgan fingerprint density at radius 1 is 1.44 bits per heavy atom. The minimum atomic E-state index is 0.431. The van der Waals surface area contributed by atoms with Gasteiger partial charge in [0.2, 0.25) is 0 Å². The summed E-state index contributed by atoms with van der Waals surface area (Å²) < 4.78 is 3.66. The lowest BCUT2D eigenvalue weighted by Gasteiger charge is -2.07. The molecule has 0 aromatic carbocycles. The van der Waals surface area contributed by atoms with Crippen molar-refractivity contribution in [2.24, 2.45) is 7.05 Å². The van der Waals surface area contributed by atoms with Crippen molar-refractivity contribution < 1.29 is 0 Å². The number of anilines is 2. The summed E-state index contributed by atoms with van der Waals surface area (Å²) >= 11 is 0.